The lowest BCUT2D eigenvalue weighted by molar-refractivity contribution is -0.0553. The van der Waals surface area contributed by atoms with E-state index in [-0.39, 0.29) is 16.1 Å². The monoisotopic (exact) mass is 319 g/mol. The largest absolute Gasteiger partial charge is 0.380 e. The van der Waals surface area contributed by atoms with Gasteiger partial charge in [0.05, 0.1) is 15.8 Å². The van der Waals surface area contributed by atoms with E-state index in [1.54, 1.807) is 0 Å². The Morgan fingerprint density at radius 3 is 2.72 bits per heavy atom. The van der Waals surface area contributed by atoms with Crippen molar-refractivity contribution in [1.82, 2.24) is 0 Å². The Morgan fingerprint density at radius 1 is 1.33 bits per heavy atom. The number of hydrogen-bond donors (Lipinski definition) is 1. The molecule has 0 amide bonds. The van der Waals surface area contributed by atoms with Crippen LogP contribution in [0.4, 0.5) is 14.5 Å². The topological polar surface area (TPSA) is 21.3 Å². The van der Waals surface area contributed by atoms with Crippen LogP contribution in [0.25, 0.3) is 0 Å². The summed E-state index contributed by atoms with van der Waals surface area (Å²) in [7, 11) is 0. The fourth-order valence-electron chi connectivity index (χ4n) is 2.21. The van der Waals surface area contributed by atoms with E-state index in [1.165, 1.54) is 6.07 Å². The molecule has 0 radical (unpaired) electrons. The minimum Gasteiger partial charge on any atom is -0.380 e. The normalized spacial score (nSPS) is 22.8. The van der Waals surface area contributed by atoms with E-state index in [0.717, 1.165) is 18.9 Å². The number of anilines is 1. The molecule has 1 fully saturated rings. The summed E-state index contributed by atoms with van der Waals surface area (Å²) in [4.78, 5) is 0. The van der Waals surface area contributed by atoms with Gasteiger partial charge in [0.15, 0.2) is 0 Å². The number of rotatable bonds is 2. The Kier molecular flexibility index (Phi) is 3.92. The van der Waals surface area contributed by atoms with Crippen LogP contribution in [0.5, 0.6) is 0 Å². The van der Waals surface area contributed by atoms with Crippen LogP contribution in [-0.4, -0.2) is 18.2 Å². The Balaban J connectivity index is 2.12. The van der Waals surface area contributed by atoms with Crippen molar-refractivity contribution >= 4 is 21.6 Å². The predicted molar refractivity (Wildman–Crippen MR) is 70.7 cm³/mol. The predicted octanol–water partition coefficient (Wildman–Crippen LogP) is 4.10. The van der Waals surface area contributed by atoms with Gasteiger partial charge in [-0.25, -0.2) is 8.78 Å². The highest BCUT2D eigenvalue weighted by Crippen LogP contribution is 2.29. The molecule has 1 aromatic carbocycles. The molecule has 100 valence electrons. The van der Waals surface area contributed by atoms with Gasteiger partial charge in [0, 0.05) is 18.7 Å². The fourth-order valence-corrected chi connectivity index (χ4v) is 2.55. The van der Waals surface area contributed by atoms with Crippen LogP contribution in [0.3, 0.4) is 0 Å². The SMILES string of the molecule is CC1(C)CC(Nc2cc(Br)c(F)cc2F)CCO1. The van der Waals surface area contributed by atoms with Crippen molar-refractivity contribution in [2.75, 3.05) is 11.9 Å². The number of hydrogen-bond acceptors (Lipinski definition) is 2. The van der Waals surface area contributed by atoms with Gasteiger partial charge in [-0.1, -0.05) is 0 Å². The summed E-state index contributed by atoms with van der Waals surface area (Å²) in [6.07, 6.45) is 1.61. The lowest BCUT2D eigenvalue weighted by Gasteiger charge is -2.36. The van der Waals surface area contributed by atoms with Crippen LogP contribution in [0.15, 0.2) is 16.6 Å². The summed E-state index contributed by atoms with van der Waals surface area (Å²) in [6.45, 7) is 4.67. The van der Waals surface area contributed by atoms with Gasteiger partial charge in [0.25, 0.3) is 0 Å². The van der Waals surface area contributed by atoms with Crippen LogP contribution in [-0.2, 0) is 4.74 Å². The molecule has 18 heavy (non-hydrogen) atoms. The molecule has 0 bridgehead atoms. The molecule has 1 aromatic rings. The zero-order valence-corrected chi connectivity index (χ0v) is 12.0. The number of benzene rings is 1. The Labute approximate surface area is 114 Å². The van der Waals surface area contributed by atoms with Gasteiger partial charge in [-0.15, -0.1) is 0 Å². The Hall–Kier alpha value is -0.680. The first-order chi connectivity index (χ1) is 8.37. The molecule has 1 aliphatic rings. The summed E-state index contributed by atoms with van der Waals surface area (Å²) in [6, 6.07) is 2.46. The van der Waals surface area contributed by atoms with Gasteiger partial charge >= 0.3 is 0 Å². The molecule has 1 heterocycles. The molecule has 2 rings (SSSR count). The Bertz CT molecular complexity index is 451. The van der Waals surface area contributed by atoms with E-state index in [1.807, 2.05) is 13.8 Å². The third-order valence-electron chi connectivity index (χ3n) is 3.07. The molecule has 0 aliphatic carbocycles. The third-order valence-corrected chi connectivity index (χ3v) is 3.67. The lowest BCUT2D eigenvalue weighted by Crippen LogP contribution is -2.40. The van der Waals surface area contributed by atoms with E-state index >= 15 is 0 Å². The molecule has 1 N–H and O–H groups in total. The second kappa shape index (κ2) is 5.13. The number of nitrogens with one attached hydrogen (secondary N) is 1. The van der Waals surface area contributed by atoms with Crippen molar-refractivity contribution in [1.29, 1.82) is 0 Å². The molecule has 0 spiro atoms. The zero-order valence-electron chi connectivity index (χ0n) is 10.4. The maximum Gasteiger partial charge on any atom is 0.149 e. The molecule has 0 aromatic heterocycles. The van der Waals surface area contributed by atoms with E-state index in [0.29, 0.717) is 12.3 Å². The molecule has 2 nitrogen and oxygen atoms in total. The van der Waals surface area contributed by atoms with Gasteiger partial charge in [-0.3, -0.25) is 0 Å². The van der Waals surface area contributed by atoms with E-state index < -0.39 is 11.6 Å². The molecule has 1 atom stereocenters. The van der Waals surface area contributed by atoms with Crippen molar-refractivity contribution < 1.29 is 13.5 Å². The van der Waals surface area contributed by atoms with Gasteiger partial charge < -0.3 is 10.1 Å². The minimum atomic E-state index is -0.592. The number of ether oxygens (including phenoxy) is 1. The van der Waals surface area contributed by atoms with Crippen molar-refractivity contribution in [3.63, 3.8) is 0 Å². The summed E-state index contributed by atoms with van der Waals surface area (Å²) < 4.78 is 32.6. The highest BCUT2D eigenvalue weighted by atomic mass is 79.9. The highest BCUT2D eigenvalue weighted by molar-refractivity contribution is 9.10. The molecule has 1 aliphatic heterocycles. The molecule has 5 heteroatoms. The first kappa shape index (κ1) is 13.7. The molecule has 0 saturated carbocycles. The second-order valence-corrected chi connectivity index (χ2v) is 6.04. The quantitative estimate of drug-likeness (QED) is 0.829. The first-order valence-electron chi connectivity index (χ1n) is 5.92. The van der Waals surface area contributed by atoms with Gasteiger partial charge in [-0.2, -0.15) is 0 Å². The average Bonchev–Trinajstić information content (AvgIpc) is 2.24. The van der Waals surface area contributed by atoms with Crippen LogP contribution >= 0.6 is 15.9 Å². The summed E-state index contributed by atoms with van der Waals surface area (Å²) >= 11 is 3.06. The standard InChI is InChI=1S/C13H16BrF2NO/c1-13(2)7-8(3-4-18-13)17-12-5-9(14)10(15)6-11(12)16/h5-6,8,17H,3-4,7H2,1-2H3. The number of halogens is 3. The van der Waals surface area contributed by atoms with Crippen molar-refractivity contribution in [3.8, 4) is 0 Å². The Morgan fingerprint density at radius 2 is 2.06 bits per heavy atom. The lowest BCUT2D eigenvalue weighted by atomic mass is 9.94. The maximum absolute atomic E-state index is 13.6. The van der Waals surface area contributed by atoms with Crippen molar-refractivity contribution in [3.05, 3.63) is 28.2 Å². The molecular weight excluding hydrogens is 304 g/mol. The molecule has 1 saturated heterocycles. The van der Waals surface area contributed by atoms with E-state index in [2.05, 4.69) is 21.2 Å². The first-order valence-corrected chi connectivity index (χ1v) is 6.72. The van der Waals surface area contributed by atoms with Crippen molar-refractivity contribution in [2.24, 2.45) is 0 Å². The van der Waals surface area contributed by atoms with Crippen molar-refractivity contribution in [2.45, 2.75) is 38.3 Å². The van der Waals surface area contributed by atoms with Crippen LogP contribution in [0.1, 0.15) is 26.7 Å². The second-order valence-electron chi connectivity index (χ2n) is 5.19. The smallest absolute Gasteiger partial charge is 0.149 e. The zero-order chi connectivity index (χ0) is 13.3. The summed E-state index contributed by atoms with van der Waals surface area (Å²) in [5.41, 5.74) is 0.120. The summed E-state index contributed by atoms with van der Waals surface area (Å²) in [5.74, 6) is -1.16. The van der Waals surface area contributed by atoms with Gasteiger partial charge in [0.2, 0.25) is 0 Å². The fraction of sp³-hybridized carbons (Fsp3) is 0.538. The maximum atomic E-state index is 13.6. The van der Waals surface area contributed by atoms with E-state index in [4.69, 9.17) is 4.74 Å². The minimum absolute atomic E-state index is 0.139. The van der Waals surface area contributed by atoms with Gasteiger partial charge in [-0.05, 0) is 48.7 Å². The van der Waals surface area contributed by atoms with E-state index in [9.17, 15) is 8.78 Å². The average molecular weight is 320 g/mol. The molecular formula is C13H16BrF2NO. The van der Waals surface area contributed by atoms with Crippen LogP contribution in [0.2, 0.25) is 0 Å². The highest BCUT2D eigenvalue weighted by Gasteiger charge is 2.29. The van der Waals surface area contributed by atoms with Gasteiger partial charge in [0.1, 0.15) is 11.6 Å². The summed E-state index contributed by atoms with van der Waals surface area (Å²) in [5, 5.41) is 3.12. The van der Waals surface area contributed by atoms with Crippen LogP contribution in [0, 0.1) is 11.6 Å². The molecule has 1 unspecified atom stereocenters. The van der Waals surface area contributed by atoms with Crippen LogP contribution < -0.4 is 5.32 Å². The third kappa shape index (κ3) is 3.20.